The fourth-order valence-electron chi connectivity index (χ4n) is 1.61. The minimum Gasteiger partial charge on any atom is -0.460 e. The zero-order valence-electron chi connectivity index (χ0n) is 11.1. The van der Waals surface area contributed by atoms with Crippen molar-refractivity contribution in [1.29, 1.82) is 0 Å². The van der Waals surface area contributed by atoms with Crippen LogP contribution >= 0.6 is 0 Å². The monoisotopic (exact) mass is 289 g/mol. The van der Waals surface area contributed by atoms with E-state index >= 15 is 0 Å². The van der Waals surface area contributed by atoms with Crippen LogP contribution in [-0.2, 0) is 14.8 Å². The van der Waals surface area contributed by atoms with Crippen molar-refractivity contribution in [3.8, 4) is 0 Å². The minimum absolute atomic E-state index is 0.0837. The number of rotatable bonds is 7. The summed E-state index contributed by atoms with van der Waals surface area (Å²) in [6.45, 7) is 3.81. The highest BCUT2D eigenvalue weighted by atomic mass is 32.2. The molecule has 1 aromatic rings. The van der Waals surface area contributed by atoms with E-state index in [0.29, 0.717) is 6.61 Å². The highest BCUT2D eigenvalue weighted by Crippen LogP contribution is 2.19. The number of nitrogens with two attached hydrogens (primary N) is 1. The summed E-state index contributed by atoms with van der Waals surface area (Å²) in [5.74, 6) is -0.730. The Morgan fingerprint density at radius 2 is 2.05 bits per heavy atom. The number of hydrogen-bond acceptors (Lipinski definition) is 5. The van der Waals surface area contributed by atoms with Crippen LogP contribution in [0, 0.1) is 6.92 Å². The topological polar surface area (TPSA) is 99.6 Å². The Balaban J connectivity index is 2.59. The molecule has 0 saturated carbocycles. The third-order valence-corrected chi connectivity index (χ3v) is 3.63. The van der Waals surface area contributed by atoms with Gasteiger partial charge in [0.25, 0.3) is 0 Å². The third-order valence-electron chi connectivity index (χ3n) is 2.61. The van der Waals surface area contributed by atoms with Crippen molar-refractivity contribution in [2.75, 3.05) is 6.61 Å². The average Bonchev–Trinajstić information content (AvgIpc) is 2.70. The van der Waals surface area contributed by atoms with Crippen LogP contribution < -0.4 is 5.14 Å². The second kappa shape index (κ2) is 6.72. The molecule has 0 radical (unpaired) electrons. The van der Waals surface area contributed by atoms with E-state index < -0.39 is 16.0 Å². The Morgan fingerprint density at radius 1 is 1.37 bits per heavy atom. The summed E-state index contributed by atoms with van der Waals surface area (Å²) >= 11 is 0. The van der Waals surface area contributed by atoms with Crippen molar-refractivity contribution >= 4 is 16.0 Å². The highest BCUT2D eigenvalue weighted by Gasteiger charge is 2.21. The fourth-order valence-corrected chi connectivity index (χ4v) is 2.33. The highest BCUT2D eigenvalue weighted by molar-refractivity contribution is 7.89. The molecule has 0 fully saturated rings. The summed E-state index contributed by atoms with van der Waals surface area (Å²) in [6.07, 6.45) is 3.96. The SMILES string of the molecule is CCCCCCOC(=O)c1cc(S(N)(=O)=O)c(C)o1. The standard InChI is InChI=1S/C12H19NO5S/c1-3-4-5-6-7-17-12(14)10-8-11(9(2)18-10)19(13,15)16/h8H,3-7H2,1-2H3,(H2,13,15,16). The van der Waals surface area contributed by atoms with E-state index in [-0.39, 0.29) is 16.4 Å². The number of ether oxygens (including phenoxy) is 1. The summed E-state index contributed by atoms with van der Waals surface area (Å²) in [4.78, 5) is 11.4. The van der Waals surface area contributed by atoms with Crippen LogP contribution in [0.1, 0.15) is 48.9 Å². The molecule has 108 valence electrons. The number of furan rings is 1. The van der Waals surface area contributed by atoms with Gasteiger partial charge in [-0.3, -0.25) is 0 Å². The molecule has 2 N–H and O–H groups in total. The molecule has 0 saturated heterocycles. The van der Waals surface area contributed by atoms with Gasteiger partial charge in [-0.2, -0.15) is 0 Å². The van der Waals surface area contributed by atoms with Gasteiger partial charge in [-0.15, -0.1) is 0 Å². The molecule has 1 heterocycles. The van der Waals surface area contributed by atoms with Gasteiger partial charge in [0.2, 0.25) is 15.8 Å². The molecule has 0 spiro atoms. The Bertz CT molecular complexity index is 532. The van der Waals surface area contributed by atoms with Crippen LogP contribution in [0.15, 0.2) is 15.4 Å². The summed E-state index contributed by atoms with van der Waals surface area (Å²) in [6, 6.07) is 1.10. The van der Waals surface area contributed by atoms with Crippen LogP contribution in [0.3, 0.4) is 0 Å². The van der Waals surface area contributed by atoms with Gasteiger partial charge >= 0.3 is 5.97 Å². The van der Waals surface area contributed by atoms with Crippen LogP contribution in [0.4, 0.5) is 0 Å². The summed E-state index contributed by atoms with van der Waals surface area (Å²) in [5, 5.41) is 4.99. The Labute approximate surface area is 113 Å². The maximum absolute atomic E-state index is 11.6. The van der Waals surface area contributed by atoms with Gasteiger partial charge in [0.05, 0.1) is 6.61 Å². The van der Waals surface area contributed by atoms with E-state index in [9.17, 15) is 13.2 Å². The van der Waals surface area contributed by atoms with E-state index in [1.165, 1.54) is 6.92 Å². The smallest absolute Gasteiger partial charge is 0.374 e. The van der Waals surface area contributed by atoms with Gasteiger partial charge in [0.15, 0.2) is 0 Å². The molecule has 0 bridgehead atoms. The van der Waals surface area contributed by atoms with Crippen molar-refractivity contribution in [3.05, 3.63) is 17.6 Å². The molecule has 0 aliphatic rings. The zero-order valence-corrected chi connectivity index (χ0v) is 12.0. The van der Waals surface area contributed by atoms with E-state index in [1.807, 2.05) is 0 Å². The second-order valence-corrected chi connectivity index (χ2v) is 5.80. The van der Waals surface area contributed by atoms with Crippen molar-refractivity contribution in [2.45, 2.75) is 44.4 Å². The van der Waals surface area contributed by atoms with Gasteiger partial charge in [0.1, 0.15) is 10.7 Å². The first-order chi connectivity index (χ1) is 8.86. The first-order valence-corrected chi connectivity index (χ1v) is 7.71. The third kappa shape index (κ3) is 4.68. The molecular formula is C12H19NO5S. The van der Waals surface area contributed by atoms with Gasteiger partial charge in [-0.05, 0) is 13.3 Å². The maximum Gasteiger partial charge on any atom is 0.374 e. The molecule has 6 nitrogen and oxygen atoms in total. The number of hydrogen-bond donors (Lipinski definition) is 1. The molecular weight excluding hydrogens is 270 g/mol. The number of esters is 1. The van der Waals surface area contributed by atoms with Crippen molar-refractivity contribution < 1.29 is 22.4 Å². The van der Waals surface area contributed by atoms with E-state index in [2.05, 4.69) is 6.92 Å². The van der Waals surface area contributed by atoms with Gasteiger partial charge in [-0.1, -0.05) is 26.2 Å². The minimum atomic E-state index is -3.88. The van der Waals surface area contributed by atoms with Crippen LogP contribution in [0.2, 0.25) is 0 Å². The van der Waals surface area contributed by atoms with E-state index in [0.717, 1.165) is 31.7 Å². The summed E-state index contributed by atoms with van der Waals surface area (Å²) < 4.78 is 32.4. The van der Waals surface area contributed by atoms with Crippen LogP contribution in [0.5, 0.6) is 0 Å². The molecule has 0 aliphatic carbocycles. The second-order valence-electron chi connectivity index (χ2n) is 4.27. The maximum atomic E-state index is 11.6. The molecule has 0 atom stereocenters. The lowest BCUT2D eigenvalue weighted by Crippen LogP contribution is -2.12. The van der Waals surface area contributed by atoms with Gasteiger partial charge in [-0.25, -0.2) is 18.4 Å². The predicted octanol–water partition coefficient (Wildman–Crippen LogP) is 1.97. The number of primary sulfonamides is 1. The van der Waals surface area contributed by atoms with Crippen molar-refractivity contribution in [3.63, 3.8) is 0 Å². The molecule has 1 rings (SSSR count). The van der Waals surface area contributed by atoms with E-state index in [4.69, 9.17) is 14.3 Å². The number of aryl methyl sites for hydroxylation is 1. The van der Waals surface area contributed by atoms with E-state index in [1.54, 1.807) is 0 Å². The lowest BCUT2D eigenvalue weighted by Gasteiger charge is -2.01. The normalized spacial score (nSPS) is 11.5. The molecule has 7 heteroatoms. The fraction of sp³-hybridized carbons (Fsp3) is 0.583. The number of sulfonamides is 1. The molecule has 0 unspecified atom stereocenters. The molecule has 1 aromatic heterocycles. The summed E-state index contributed by atoms with van der Waals surface area (Å²) in [5.41, 5.74) is 0. The first kappa shape index (κ1) is 15.7. The largest absolute Gasteiger partial charge is 0.460 e. The van der Waals surface area contributed by atoms with Crippen LogP contribution in [-0.4, -0.2) is 21.0 Å². The lowest BCUT2D eigenvalue weighted by atomic mass is 10.2. The molecule has 0 aliphatic heterocycles. The van der Waals surface area contributed by atoms with Crippen molar-refractivity contribution in [2.24, 2.45) is 5.14 Å². The average molecular weight is 289 g/mol. The Kier molecular flexibility index (Phi) is 5.56. The van der Waals surface area contributed by atoms with Gasteiger partial charge in [0, 0.05) is 6.07 Å². The molecule has 0 amide bonds. The van der Waals surface area contributed by atoms with Gasteiger partial charge < -0.3 is 9.15 Å². The Hall–Kier alpha value is -1.34. The lowest BCUT2D eigenvalue weighted by molar-refractivity contribution is 0.0460. The number of carbonyl (C=O) groups is 1. The predicted molar refractivity (Wildman–Crippen MR) is 69.2 cm³/mol. The summed E-state index contributed by atoms with van der Waals surface area (Å²) in [7, 11) is -3.88. The Morgan fingerprint density at radius 3 is 2.58 bits per heavy atom. The van der Waals surface area contributed by atoms with Crippen molar-refractivity contribution in [1.82, 2.24) is 0 Å². The molecule has 19 heavy (non-hydrogen) atoms. The quantitative estimate of drug-likeness (QED) is 0.611. The first-order valence-electron chi connectivity index (χ1n) is 6.16. The molecule has 0 aromatic carbocycles. The number of unbranched alkanes of at least 4 members (excludes halogenated alkanes) is 3. The zero-order chi connectivity index (χ0) is 14.5. The van der Waals surface area contributed by atoms with Crippen LogP contribution in [0.25, 0.3) is 0 Å². The number of carbonyl (C=O) groups excluding carboxylic acids is 1.